The first-order chi connectivity index (χ1) is 10.2. The molecule has 0 aliphatic carbocycles. The molecular weight excluding hydrogens is 307 g/mol. The molecule has 0 spiro atoms. The standard InChI is InChI=1S/C15H16Cl2N4/c1-3-11-13(9-20(2)19-11)21-14(7-8-16)18-12-6-4-5-10(17)15(12)21/h4-6,9H,3,7-8H2,1-2H3. The van der Waals surface area contributed by atoms with E-state index in [1.165, 1.54) is 0 Å². The fraction of sp³-hybridized carbons (Fsp3) is 0.333. The highest BCUT2D eigenvalue weighted by atomic mass is 35.5. The first-order valence-corrected chi connectivity index (χ1v) is 7.81. The summed E-state index contributed by atoms with van der Waals surface area (Å²) in [5.74, 6) is 1.43. The van der Waals surface area contributed by atoms with Gasteiger partial charge in [-0.2, -0.15) is 5.10 Å². The van der Waals surface area contributed by atoms with Crippen LogP contribution in [-0.2, 0) is 19.9 Å². The van der Waals surface area contributed by atoms with Gasteiger partial charge in [-0.05, 0) is 18.6 Å². The number of para-hydroxylation sites is 1. The number of benzene rings is 1. The number of imidazole rings is 1. The first-order valence-electron chi connectivity index (χ1n) is 6.90. The molecule has 0 amide bonds. The molecule has 2 heterocycles. The maximum atomic E-state index is 6.41. The van der Waals surface area contributed by atoms with Gasteiger partial charge >= 0.3 is 0 Å². The van der Waals surface area contributed by atoms with Crippen LogP contribution < -0.4 is 0 Å². The van der Waals surface area contributed by atoms with Gasteiger partial charge in [-0.25, -0.2) is 4.98 Å². The normalized spacial score (nSPS) is 11.4. The fourth-order valence-corrected chi connectivity index (χ4v) is 3.03. The molecule has 1 aromatic carbocycles. The average Bonchev–Trinajstić information content (AvgIpc) is 3.00. The van der Waals surface area contributed by atoms with E-state index >= 15 is 0 Å². The van der Waals surface area contributed by atoms with Crippen LogP contribution in [-0.4, -0.2) is 25.2 Å². The molecule has 0 saturated carbocycles. The quantitative estimate of drug-likeness (QED) is 0.686. The molecule has 0 atom stereocenters. The largest absolute Gasteiger partial charge is 0.291 e. The van der Waals surface area contributed by atoms with Gasteiger partial charge in [-0.15, -0.1) is 11.6 Å². The second-order valence-corrected chi connectivity index (χ2v) is 5.68. The lowest BCUT2D eigenvalue weighted by Gasteiger charge is -2.08. The van der Waals surface area contributed by atoms with Crippen LogP contribution in [0.5, 0.6) is 0 Å². The van der Waals surface area contributed by atoms with E-state index in [4.69, 9.17) is 23.2 Å². The lowest BCUT2D eigenvalue weighted by molar-refractivity contribution is 0.746. The van der Waals surface area contributed by atoms with Gasteiger partial charge in [0.2, 0.25) is 0 Å². The number of rotatable bonds is 4. The van der Waals surface area contributed by atoms with Crippen molar-refractivity contribution in [1.29, 1.82) is 0 Å². The Kier molecular flexibility index (Phi) is 3.91. The molecule has 0 bridgehead atoms. The lowest BCUT2D eigenvalue weighted by atomic mass is 10.2. The van der Waals surface area contributed by atoms with E-state index in [1.54, 1.807) is 0 Å². The Morgan fingerprint density at radius 1 is 1.29 bits per heavy atom. The minimum atomic E-state index is 0.517. The van der Waals surface area contributed by atoms with Crippen LogP contribution in [0.25, 0.3) is 16.7 Å². The SMILES string of the molecule is CCc1nn(C)cc1-n1c(CCCl)nc2cccc(Cl)c21. The summed E-state index contributed by atoms with van der Waals surface area (Å²) >= 11 is 12.3. The van der Waals surface area contributed by atoms with Crippen LogP contribution in [0, 0.1) is 0 Å². The van der Waals surface area contributed by atoms with Gasteiger partial charge in [-0.1, -0.05) is 24.6 Å². The van der Waals surface area contributed by atoms with E-state index in [2.05, 4.69) is 21.6 Å². The van der Waals surface area contributed by atoms with Gasteiger partial charge in [0.05, 0.1) is 27.4 Å². The summed E-state index contributed by atoms with van der Waals surface area (Å²) in [6.45, 7) is 2.09. The first kappa shape index (κ1) is 14.4. The van der Waals surface area contributed by atoms with Gasteiger partial charge in [0.25, 0.3) is 0 Å². The highest BCUT2D eigenvalue weighted by Gasteiger charge is 2.18. The molecule has 0 unspecified atom stereocenters. The summed E-state index contributed by atoms with van der Waals surface area (Å²) in [6.07, 6.45) is 3.53. The summed E-state index contributed by atoms with van der Waals surface area (Å²) < 4.78 is 3.91. The number of alkyl halides is 1. The molecule has 2 aromatic heterocycles. The van der Waals surface area contributed by atoms with Crippen LogP contribution in [0.1, 0.15) is 18.4 Å². The summed E-state index contributed by atoms with van der Waals surface area (Å²) in [4.78, 5) is 4.68. The van der Waals surface area contributed by atoms with Gasteiger partial charge in [-0.3, -0.25) is 9.25 Å². The van der Waals surface area contributed by atoms with Gasteiger partial charge in [0, 0.05) is 25.5 Å². The zero-order valence-electron chi connectivity index (χ0n) is 12.0. The van der Waals surface area contributed by atoms with Crippen molar-refractivity contribution in [3.05, 3.63) is 40.9 Å². The maximum absolute atomic E-state index is 6.41. The van der Waals surface area contributed by atoms with E-state index in [9.17, 15) is 0 Å². The molecule has 0 fully saturated rings. The Bertz CT molecular complexity index is 788. The smallest absolute Gasteiger partial charge is 0.115 e. The summed E-state index contributed by atoms with van der Waals surface area (Å²) in [5, 5.41) is 5.20. The molecular formula is C15H16Cl2N4. The third-order valence-electron chi connectivity index (χ3n) is 3.47. The predicted molar refractivity (Wildman–Crippen MR) is 86.6 cm³/mol. The number of hydrogen-bond donors (Lipinski definition) is 0. The highest BCUT2D eigenvalue weighted by molar-refractivity contribution is 6.35. The van der Waals surface area contributed by atoms with Crippen molar-refractivity contribution in [3.8, 4) is 5.69 Å². The number of halogens is 2. The zero-order valence-corrected chi connectivity index (χ0v) is 13.5. The van der Waals surface area contributed by atoms with E-state index in [1.807, 2.05) is 36.1 Å². The molecule has 21 heavy (non-hydrogen) atoms. The van der Waals surface area contributed by atoms with Crippen molar-refractivity contribution in [3.63, 3.8) is 0 Å². The van der Waals surface area contributed by atoms with Crippen molar-refractivity contribution < 1.29 is 0 Å². The van der Waals surface area contributed by atoms with Crippen LogP contribution in [0.15, 0.2) is 24.4 Å². The monoisotopic (exact) mass is 322 g/mol. The molecule has 0 N–H and O–H groups in total. The van der Waals surface area contributed by atoms with Crippen molar-refractivity contribution in [2.24, 2.45) is 7.05 Å². The molecule has 6 heteroatoms. The summed E-state index contributed by atoms with van der Waals surface area (Å²) in [6, 6.07) is 5.77. The second kappa shape index (κ2) is 5.70. The van der Waals surface area contributed by atoms with E-state index in [0.717, 1.165) is 34.7 Å². The maximum Gasteiger partial charge on any atom is 0.115 e. The van der Waals surface area contributed by atoms with Gasteiger partial charge in [0.1, 0.15) is 5.82 Å². The molecule has 3 aromatic rings. The predicted octanol–water partition coefficient (Wildman–Crippen LogP) is 3.76. The third-order valence-corrected chi connectivity index (χ3v) is 3.97. The summed E-state index contributed by atoms with van der Waals surface area (Å²) in [5.41, 5.74) is 3.85. The topological polar surface area (TPSA) is 35.6 Å². The fourth-order valence-electron chi connectivity index (χ4n) is 2.61. The molecule has 0 radical (unpaired) electrons. The van der Waals surface area contributed by atoms with E-state index in [-0.39, 0.29) is 0 Å². The Labute approximate surface area is 133 Å². The lowest BCUT2D eigenvalue weighted by Crippen LogP contribution is -2.04. The van der Waals surface area contributed by atoms with E-state index in [0.29, 0.717) is 17.3 Å². The van der Waals surface area contributed by atoms with E-state index < -0.39 is 0 Å². The Morgan fingerprint density at radius 2 is 2.10 bits per heavy atom. The molecule has 110 valence electrons. The number of fused-ring (bicyclic) bond motifs is 1. The molecule has 0 saturated heterocycles. The number of aromatic nitrogens is 4. The second-order valence-electron chi connectivity index (χ2n) is 4.90. The average molecular weight is 323 g/mol. The van der Waals surface area contributed by atoms with Crippen LogP contribution >= 0.6 is 23.2 Å². The highest BCUT2D eigenvalue weighted by Crippen LogP contribution is 2.29. The number of nitrogens with zero attached hydrogens (tertiary/aromatic N) is 4. The van der Waals surface area contributed by atoms with Crippen molar-refractivity contribution in [2.45, 2.75) is 19.8 Å². The van der Waals surface area contributed by atoms with Crippen molar-refractivity contribution in [2.75, 3.05) is 5.88 Å². The zero-order chi connectivity index (χ0) is 15.0. The Balaban J connectivity index is 2.35. The molecule has 4 nitrogen and oxygen atoms in total. The van der Waals surface area contributed by atoms with Gasteiger partial charge in [0.15, 0.2) is 0 Å². The third kappa shape index (κ3) is 2.43. The minimum Gasteiger partial charge on any atom is -0.291 e. The van der Waals surface area contributed by atoms with Crippen LogP contribution in [0.2, 0.25) is 5.02 Å². The Hall–Kier alpha value is -1.52. The van der Waals surface area contributed by atoms with Crippen molar-refractivity contribution >= 4 is 34.2 Å². The summed E-state index contributed by atoms with van der Waals surface area (Å²) in [7, 11) is 1.92. The van der Waals surface area contributed by atoms with Crippen LogP contribution in [0.4, 0.5) is 0 Å². The molecule has 3 rings (SSSR count). The van der Waals surface area contributed by atoms with Gasteiger partial charge < -0.3 is 0 Å². The molecule has 0 aliphatic rings. The molecule has 0 aliphatic heterocycles. The number of aryl methyl sites for hydroxylation is 3. The van der Waals surface area contributed by atoms with Crippen LogP contribution in [0.3, 0.4) is 0 Å². The Morgan fingerprint density at radius 3 is 2.81 bits per heavy atom. The number of hydrogen-bond acceptors (Lipinski definition) is 2. The van der Waals surface area contributed by atoms with Crippen molar-refractivity contribution in [1.82, 2.24) is 19.3 Å². The minimum absolute atomic E-state index is 0.517.